The minimum absolute atomic E-state index is 0.0396. The van der Waals surface area contributed by atoms with Crippen LogP contribution in [0.25, 0.3) is 0 Å². The highest BCUT2D eigenvalue weighted by Gasteiger charge is 2.40. The number of amides is 1. The molecule has 0 saturated carbocycles. The number of carbonyl (C=O) groups is 1. The van der Waals surface area contributed by atoms with Crippen molar-refractivity contribution < 1.29 is 9.90 Å². The predicted octanol–water partition coefficient (Wildman–Crippen LogP) is 0.967. The maximum atomic E-state index is 11.7. The number of thioether (sulfide) groups is 1. The van der Waals surface area contributed by atoms with Crippen LogP contribution in [0.4, 0.5) is 0 Å². The third-order valence-corrected chi connectivity index (χ3v) is 3.80. The molecule has 4 heteroatoms. The lowest BCUT2D eigenvalue weighted by atomic mass is 9.84. The van der Waals surface area contributed by atoms with Gasteiger partial charge >= 0.3 is 0 Å². The van der Waals surface area contributed by atoms with Crippen LogP contribution >= 0.6 is 11.8 Å². The summed E-state index contributed by atoms with van der Waals surface area (Å²) < 4.78 is 0. The Labute approximate surface area is 89.9 Å². The Kier molecular flexibility index (Phi) is 3.48. The molecule has 1 saturated heterocycles. The van der Waals surface area contributed by atoms with Crippen molar-refractivity contribution in [2.75, 3.05) is 19.3 Å². The van der Waals surface area contributed by atoms with Gasteiger partial charge in [0.1, 0.15) is 0 Å². The van der Waals surface area contributed by atoms with Crippen LogP contribution in [0.3, 0.4) is 0 Å². The van der Waals surface area contributed by atoms with E-state index >= 15 is 0 Å². The molecule has 0 aromatic rings. The molecule has 1 amide bonds. The third-order valence-electron chi connectivity index (χ3n) is 2.89. The fourth-order valence-electron chi connectivity index (χ4n) is 1.46. The average molecular weight is 217 g/mol. The molecule has 0 unspecified atom stereocenters. The average Bonchev–Trinajstić information content (AvgIpc) is 1.97. The molecule has 1 fully saturated rings. The number of likely N-dealkylation sites (tertiary alicyclic amines) is 1. The standard InChI is InChI=1S/C10H19NO2S/c1-7(14-4)9(12)11-5-8(6-11)10(2,3)13/h7-8,13H,5-6H2,1-4H3/t7-/m0/s1. The second-order valence-electron chi connectivity index (χ2n) is 4.47. The maximum Gasteiger partial charge on any atom is 0.235 e. The largest absolute Gasteiger partial charge is 0.390 e. The SMILES string of the molecule is CS[C@@H](C)C(=O)N1CC(C(C)(C)O)C1. The summed E-state index contributed by atoms with van der Waals surface area (Å²) in [4.78, 5) is 13.5. The number of rotatable bonds is 3. The van der Waals surface area contributed by atoms with E-state index in [1.807, 2.05) is 18.1 Å². The molecular weight excluding hydrogens is 198 g/mol. The van der Waals surface area contributed by atoms with Gasteiger partial charge in [-0.2, -0.15) is 11.8 Å². The second kappa shape index (κ2) is 4.11. The van der Waals surface area contributed by atoms with Gasteiger partial charge in [-0.1, -0.05) is 0 Å². The molecular formula is C10H19NO2S. The monoisotopic (exact) mass is 217 g/mol. The molecule has 1 aliphatic heterocycles. The quantitative estimate of drug-likeness (QED) is 0.765. The first-order valence-electron chi connectivity index (χ1n) is 4.90. The Morgan fingerprint density at radius 3 is 2.43 bits per heavy atom. The van der Waals surface area contributed by atoms with Gasteiger partial charge in [0.25, 0.3) is 0 Å². The van der Waals surface area contributed by atoms with Crippen molar-refractivity contribution >= 4 is 17.7 Å². The normalized spacial score (nSPS) is 20.5. The van der Waals surface area contributed by atoms with Crippen molar-refractivity contribution in [3.63, 3.8) is 0 Å². The predicted molar refractivity (Wildman–Crippen MR) is 59.3 cm³/mol. The summed E-state index contributed by atoms with van der Waals surface area (Å²) in [5.41, 5.74) is -0.653. The lowest BCUT2D eigenvalue weighted by molar-refractivity contribution is -0.143. The molecule has 0 radical (unpaired) electrons. The van der Waals surface area contributed by atoms with E-state index < -0.39 is 5.60 Å². The molecule has 1 N–H and O–H groups in total. The van der Waals surface area contributed by atoms with Crippen LogP contribution in [0, 0.1) is 5.92 Å². The molecule has 0 aliphatic carbocycles. The third kappa shape index (κ3) is 2.42. The van der Waals surface area contributed by atoms with Gasteiger partial charge in [0.15, 0.2) is 0 Å². The molecule has 3 nitrogen and oxygen atoms in total. The van der Waals surface area contributed by atoms with Gasteiger partial charge in [0.2, 0.25) is 5.91 Å². The van der Waals surface area contributed by atoms with Gasteiger partial charge in [0.05, 0.1) is 10.9 Å². The summed E-state index contributed by atoms with van der Waals surface area (Å²) in [5, 5.41) is 9.73. The molecule has 0 aromatic carbocycles. The minimum Gasteiger partial charge on any atom is -0.390 e. The van der Waals surface area contributed by atoms with Crippen LogP contribution in [0.5, 0.6) is 0 Å². The van der Waals surface area contributed by atoms with Crippen LogP contribution in [0.1, 0.15) is 20.8 Å². The first-order chi connectivity index (χ1) is 6.36. The molecule has 0 spiro atoms. The van der Waals surface area contributed by atoms with Gasteiger partial charge < -0.3 is 10.0 Å². The van der Waals surface area contributed by atoms with Crippen molar-refractivity contribution in [2.24, 2.45) is 5.92 Å². The van der Waals surface area contributed by atoms with Crippen molar-refractivity contribution in [2.45, 2.75) is 31.6 Å². The van der Waals surface area contributed by atoms with E-state index in [0.717, 1.165) is 0 Å². The molecule has 82 valence electrons. The fourth-order valence-corrected chi connectivity index (χ4v) is 1.81. The summed E-state index contributed by atoms with van der Waals surface area (Å²) in [7, 11) is 0. The zero-order valence-corrected chi connectivity index (χ0v) is 10.1. The summed E-state index contributed by atoms with van der Waals surface area (Å²) in [6.45, 7) is 6.93. The van der Waals surface area contributed by atoms with Gasteiger partial charge in [-0.3, -0.25) is 4.79 Å². The van der Waals surface area contributed by atoms with Crippen molar-refractivity contribution in [3.8, 4) is 0 Å². The van der Waals surface area contributed by atoms with E-state index in [4.69, 9.17) is 0 Å². The molecule has 14 heavy (non-hydrogen) atoms. The van der Waals surface area contributed by atoms with E-state index in [1.165, 1.54) is 0 Å². The molecule has 1 atom stereocenters. The van der Waals surface area contributed by atoms with Crippen LogP contribution < -0.4 is 0 Å². The second-order valence-corrected chi connectivity index (χ2v) is 5.65. The van der Waals surface area contributed by atoms with E-state index in [1.54, 1.807) is 25.6 Å². The van der Waals surface area contributed by atoms with E-state index in [0.29, 0.717) is 13.1 Å². The Bertz CT molecular complexity index is 219. The van der Waals surface area contributed by atoms with Crippen LogP contribution in [0.15, 0.2) is 0 Å². The smallest absolute Gasteiger partial charge is 0.235 e. The van der Waals surface area contributed by atoms with Crippen LogP contribution in [0.2, 0.25) is 0 Å². The van der Waals surface area contributed by atoms with E-state index in [-0.39, 0.29) is 17.1 Å². The van der Waals surface area contributed by atoms with Gasteiger partial charge in [-0.05, 0) is 27.0 Å². The molecule has 1 rings (SSSR count). The molecule has 1 heterocycles. The van der Waals surface area contributed by atoms with Crippen LogP contribution in [-0.4, -0.2) is 46.1 Å². The molecule has 0 bridgehead atoms. The topological polar surface area (TPSA) is 40.5 Å². The molecule has 0 aromatic heterocycles. The number of hydrogen-bond acceptors (Lipinski definition) is 3. The zero-order valence-electron chi connectivity index (χ0n) is 9.28. The summed E-state index contributed by atoms with van der Waals surface area (Å²) in [6.07, 6.45) is 1.94. The van der Waals surface area contributed by atoms with Crippen molar-refractivity contribution in [1.82, 2.24) is 4.90 Å². The maximum absolute atomic E-state index is 11.7. The Hall–Kier alpha value is -0.220. The summed E-state index contributed by atoms with van der Waals surface area (Å²) >= 11 is 1.57. The number of aliphatic hydroxyl groups is 1. The lowest BCUT2D eigenvalue weighted by Gasteiger charge is -2.45. The Morgan fingerprint density at radius 2 is 2.07 bits per heavy atom. The minimum atomic E-state index is -0.653. The summed E-state index contributed by atoms with van der Waals surface area (Å²) in [6, 6.07) is 0. The van der Waals surface area contributed by atoms with Gasteiger partial charge in [0, 0.05) is 19.0 Å². The Morgan fingerprint density at radius 1 is 1.57 bits per heavy atom. The highest BCUT2D eigenvalue weighted by atomic mass is 32.2. The highest BCUT2D eigenvalue weighted by Crippen LogP contribution is 2.28. The first kappa shape index (κ1) is 11.9. The van der Waals surface area contributed by atoms with Crippen molar-refractivity contribution in [1.29, 1.82) is 0 Å². The zero-order chi connectivity index (χ0) is 10.9. The van der Waals surface area contributed by atoms with Gasteiger partial charge in [-0.15, -0.1) is 0 Å². The van der Waals surface area contributed by atoms with E-state index in [2.05, 4.69) is 0 Å². The van der Waals surface area contributed by atoms with Crippen LogP contribution in [-0.2, 0) is 4.79 Å². The highest BCUT2D eigenvalue weighted by molar-refractivity contribution is 7.99. The van der Waals surface area contributed by atoms with Gasteiger partial charge in [-0.25, -0.2) is 0 Å². The van der Waals surface area contributed by atoms with Crippen molar-refractivity contribution in [3.05, 3.63) is 0 Å². The number of hydrogen-bond donors (Lipinski definition) is 1. The fraction of sp³-hybridized carbons (Fsp3) is 0.900. The molecule has 1 aliphatic rings. The Balaban J connectivity index is 2.38. The first-order valence-corrected chi connectivity index (χ1v) is 6.19. The lowest BCUT2D eigenvalue weighted by Crippen LogP contribution is -2.59. The number of nitrogens with zero attached hydrogens (tertiary/aromatic N) is 1. The number of carbonyl (C=O) groups excluding carboxylic acids is 1. The summed E-state index contributed by atoms with van der Waals surface area (Å²) in [5.74, 6) is 0.429. The van der Waals surface area contributed by atoms with E-state index in [9.17, 15) is 9.90 Å².